The molecule has 0 amide bonds. The number of hydrogen-bond donors (Lipinski definition) is 1. The van der Waals surface area contributed by atoms with Crippen molar-refractivity contribution in [2.24, 2.45) is 5.73 Å². The molecule has 0 saturated heterocycles. The molecule has 0 radical (unpaired) electrons. The molecular weight excluding hydrogens is 291 g/mol. The molecule has 3 aromatic rings. The smallest absolute Gasteiger partial charge is 0.0702 e. The van der Waals surface area contributed by atoms with Gasteiger partial charge in [0.15, 0.2) is 0 Å². The fraction of sp³-hybridized carbons (Fsp3) is 0.0625. The van der Waals surface area contributed by atoms with Gasteiger partial charge in [0, 0.05) is 11.6 Å². The Morgan fingerprint density at radius 2 is 1.80 bits per heavy atom. The molecule has 0 aliphatic carbocycles. The molecule has 0 saturated carbocycles. The number of fused-ring (bicyclic) bond motifs is 1. The van der Waals surface area contributed by atoms with Crippen LogP contribution in [0.4, 0.5) is 0 Å². The Hall–Kier alpha value is -1.61. The van der Waals surface area contributed by atoms with Crippen molar-refractivity contribution in [3.63, 3.8) is 0 Å². The van der Waals surface area contributed by atoms with E-state index in [-0.39, 0.29) is 6.04 Å². The number of benzene rings is 2. The van der Waals surface area contributed by atoms with Gasteiger partial charge in [0.2, 0.25) is 0 Å². The highest BCUT2D eigenvalue weighted by Crippen LogP contribution is 2.32. The zero-order valence-electron chi connectivity index (χ0n) is 10.6. The largest absolute Gasteiger partial charge is 0.320 e. The third kappa shape index (κ3) is 2.38. The number of para-hydroxylation sites is 1. The minimum absolute atomic E-state index is 0.349. The molecule has 20 heavy (non-hydrogen) atoms. The summed E-state index contributed by atoms with van der Waals surface area (Å²) in [4.78, 5) is 4.42. The van der Waals surface area contributed by atoms with E-state index >= 15 is 0 Å². The Labute approximate surface area is 127 Å². The maximum Gasteiger partial charge on any atom is 0.0702 e. The van der Waals surface area contributed by atoms with Crippen LogP contribution in [0.3, 0.4) is 0 Å². The molecule has 1 heterocycles. The second-order valence-corrected chi connectivity index (χ2v) is 5.37. The van der Waals surface area contributed by atoms with Gasteiger partial charge in [0.05, 0.1) is 21.6 Å². The van der Waals surface area contributed by atoms with E-state index in [1.165, 1.54) is 0 Å². The van der Waals surface area contributed by atoms with Crippen molar-refractivity contribution < 1.29 is 0 Å². The molecule has 1 atom stereocenters. The molecule has 1 unspecified atom stereocenters. The van der Waals surface area contributed by atoms with Crippen molar-refractivity contribution >= 4 is 34.1 Å². The van der Waals surface area contributed by atoms with E-state index in [9.17, 15) is 0 Å². The third-order valence-corrected chi connectivity index (χ3v) is 4.12. The van der Waals surface area contributed by atoms with Gasteiger partial charge < -0.3 is 5.73 Å². The van der Waals surface area contributed by atoms with Crippen molar-refractivity contribution in [3.8, 4) is 0 Å². The number of hydrogen-bond acceptors (Lipinski definition) is 2. The average molecular weight is 303 g/mol. The Balaban J connectivity index is 2.08. The fourth-order valence-corrected chi connectivity index (χ4v) is 2.62. The zero-order valence-corrected chi connectivity index (χ0v) is 12.1. The minimum atomic E-state index is -0.349. The Morgan fingerprint density at radius 3 is 2.65 bits per heavy atom. The van der Waals surface area contributed by atoms with Crippen LogP contribution in [-0.4, -0.2) is 4.98 Å². The van der Waals surface area contributed by atoms with Gasteiger partial charge in [-0.05, 0) is 29.3 Å². The van der Waals surface area contributed by atoms with E-state index < -0.39 is 0 Å². The predicted octanol–water partition coefficient (Wildman–Crippen LogP) is 4.59. The van der Waals surface area contributed by atoms with E-state index in [1.54, 1.807) is 12.3 Å². The summed E-state index contributed by atoms with van der Waals surface area (Å²) in [5.41, 5.74) is 8.95. The van der Waals surface area contributed by atoms with Gasteiger partial charge in [0.25, 0.3) is 0 Å². The molecule has 2 N–H and O–H groups in total. The van der Waals surface area contributed by atoms with Crippen LogP contribution in [0.1, 0.15) is 17.2 Å². The molecule has 0 aliphatic rings. The summed E-state index contributed by atoms with van der Waals surface area (Å²) in [6, 6.07) is 15.1. The maximum atomic E-state index is 6.29. The average Bonchev–Trinajstić information content (AvgIpc) is 2.49. The zero-order chi connectivity index (χ0) is 14.1. The highest BCUT2D eigenvalue weighted by molar-refractivity contribution is 6.42. The molecule has 2 aromatic carbocycles. The molecule has 4 heteroatoms. The summed E-state index contributed by atoms with van der Waals surface area (Å²) in [6.07, 6.45) is 1.78. The summed E-state index contributed by atoms with van der Waals surface area (Å²) in [5, 5.41) is 2.06. The van der Waals surface area contributed by atoms with Crippen LogP contribution in [-0.2, 0) is 0 Å². The van der Waals surface area contributed by atoms with Gasteiger partial charge in [-0.3, -0.25) is 4.98 Å². The Morgan fingerprint density at radius 1 is 1.00 bits per heavy atom. The number of pyridine rings is 1. The van der Waals surface area contributed by atoms with Crippen LogP contribution in [0.2, 0.25) is 10.0 Å². The van der Waals surface area contributed by atoms with Gasteiger partial charge in [-0.25, -0.2) is 0 Å². The summed E-state index contributed by atoms with van der Waals surface area (Å²) in [6.45, 7) is 0. The number of nitrogens with zero attached hydrogens (tertiary/aromatic N) is 1. The van der Waals surface area contributed by atoms with E-state index in [2.05, 4.69) is 4.98 Å². The lowest BCUT2D eigenvalue weighted by atomic mass is 10.00. The molecule has 0 aliphatic heterocycles. The first kappa shape index (κ1) is 13.4. The number of rotatable bonds is 2. The Bertz CT molecular complexity index is 771. The van der Waals surface area contributed by atoms with E-state index in [4.69, 9.17) is 28.9 Å². The van der Waals surface area contributed by atoms with E-state index in [1.807, 2.05) is 42.5 Å². The molecule has 2 nitrogen and oxygen atoms in total. The van der Waals surface area contributed by atoms with Crippen LogP contribution in [0.15, 0.2) is 54.7 Å². The van der Waals surface area contributed by atoms with Gasteiger partial charge in [-0.1, -0.05) is 53.5 Å². The molecule has 100 valence electrons. The van der Waals surface area contributed by atoms with Crippen LogP contribution >= 0.6 is 23.2 Å². The predicted molar refractivity (Wildman–Crippen MR) is 84.2 cm³/mol. The second-order valence-electron chi connectivity index (χ2n) is 4.58. The first-order chi connectivity index (χ1) is 9.66. The quantitative estimate of drug-likeness (QED) is 0.752. The number of nitrogens with two attached hydrogens (primary N) is 1. The Kier molecular flexibility index (Phi) is 3.62. The molecule has 1 aromatic heterocycles. The van der Waals surface area contributed by atoms with Gasteiger partial charge in [-0.2, -0.15) is 0 Å². The highest BCUT2D eigenvalue weighted by Gasteiger charge is 2.15. The van der Waals surface area contributed by atoms with Crippen LogP contribution in [0, 0.1) is 0 Å². The van der Waals surface area contributed by atoms with Crippen molar-refractivity contribution in [3.05, 3.63) is 75.9 Å². The van der Waals surface area contributed by atoms with Gasteiger partial charge in [0.1, 0.15) is 0 Å². The molecule has 0 bridgehead atoms. The van der Waals surface area contributed by atoms with Crippen molar-refractivity contribution in [1.82, 2.24) is 4.98 Å². The number of aromatic nitrogens is 1. The molecular formula is C16H12Cl2N2. The first-order valence-corrected chi connectivity index (χ1v) is 6.96. The van der Waals surface area contributed by atoms with Crippen molar-refractivity contribution in [2.45, 2.75) is 6.04 Å². The minimum Gasteiger partial charge on any atom is -0.320 e. The second kappa shape index (κ2) is 5.41. The van der Waals surface area contributed by atoms with E-state index in [0.717, 1.165) is 22.0 Å². The maximum absolute atomic E-state index is 6.29. The normalized spacial score (nSPS) is 12.6. The lowest BCUT2D eigenvalue weighted by molar-refractivity contribution is 0.867. The summed E-state index contributed by atoms with van der Waals surface area (Å²) in [7, 11) is 0. The first-order valence-electron chi connectivity index (χ1n) is 6.21. The van der Waals surface area contributed by atoms with Crippen LogP contribution in [0.25, 0.3) is 10.9 Å². The third-order valence-electron chi connectivity index (χ3n) is 3.29. The molecule has 0 fully saturated rings. The number of halogens is 2. The van der Waals surface area contributed by atoms with Crippen LogP contribution < -0.4 is 5.73 Å². The fourth-order valence-electron chi connectivity index (χ4n) is 2.20. The topological polar surface area (TPSA) is 38.9 Å². The lowest BCUT2D eigenvalue weighted by Gasteiger charge is -2.15. The molecule has 3 rings (SSSR count). The summed E-state index contributed by atoms with van der Waals surface area (Å²) < 4.78 is 0. The molecule has 0 spiro atoms. The lowest BCUT2D eigenvalue weighted by Crippen LogP contribution is -2.12. The van der Waals surface area contributed by atoms with Gasteiger partial charge in [-0.15, -0.1) is 0 Å². The van der Waals surface area contributed by atoms with Gasteiger partial charge >= 0.3 is 0 Å². The highest BCUT2D eigenvalue weighted by atomic mass is 35.5. The van der Waals surface area contributed by atoms with Crippen LogP contribution in [0.5, 0.6) is 0 Å². The summed E-state index contributed by atoms with van der Waals surface area (Å²) >= 11 is 12.3. The van der Waals surface area contributed by atoms with Crippen molar-refractivity contribution in [2.75, 3.05) is 0 Å². The standard InChI is InChI=1S/C16H12Cl2N2/c17-13-6-3-5-12(15(13)18)16(19)11-8-10-4-1-2-7-14(10)20-9-11/h1-9,16H,19H2. The van der Waals surface area contributed by atoms with E-state index in [0.29, 0.717) is 10.0 Å². The monoisotopic (exact) mass is 302 g/mol. The SMILES string of the molecule is NC(c1cnc2ccccc2c1)c1cccc(Cl)c1Cl. The van der Waals surface area contributed by atoms with Crippen molar-refractivity contribution in [1.29, 1.82) is 0 Å². The summed E-state index contributed by atoms with van der Waals surface area (Å²) in [5.74, 6) is 0.